The maximum absolute atomic E-state index is 12.0. The zero-order valence-corrected chi connectivity index (χ0v) is 12.0. The molecule has 0 spiro atoms. The molecule has 19 heavy (non-hydrogen) atoms. The third-order valence-corrected chi connectivity index (χ3v) is 3.68. The number of H-pyrrole nitrogens is 1. The van der Waals surface area contributed by atoms with Crippen LogP contribution in [0, 0.1) is 25.2 Å². The van der Waals surface area contributed by atoms with Crippen LogP contribution in [0.4, 0.5) is 5.69 Å². The molecule has 1 rings (SSSR count). The van der Waals surface area contributed by atoms with Gasteiger partial charge in [0.2, 0.25) is 5.91 Å². The van der Waals surface area contributed by atoms with Crippen LogP contribution in [0.1, 0.15) is 38.6 Å². The summed E-state index contributed by atoms with van der Waals surface area (Å²) in [4.78, 5) is 23.4. The van der Waals surface area contributed by atoms with E-state index in [9.17, 15) is 14.7 Å². The van der Waals surface area contributed by atoms with E-state index in [-0.39, 0.29) is 18.2 Å². The summed E-state index contributed by atoms with van der Waals surface area (Å²) < 4.78 is 0. The molecule has 0 aromatic carbocycles. The highest BCUT2D eigenvalue weighted by molar-refractivity contribution is 5.95. The number of carbonyl (C=O) groups is 2. The first-order valence-electron chi connectivity index (χ1n) is 6.23. The van der Waals surface area contributed by atoms with Crippen LogP contribution in [-0.4, -0.2) is 27.2 Å². The highest BCUT2D eigenvalue weighted by Gasteiger charge is 2.38. The Kier molecular flexibility index (Phi) is 4.34. The molecule has 1 amide bonds. The highest BCUT2D eigenvalue weighted by atomic mass is 16.4. The summed E-state index contributed by atoms with van der Waals surface area (Å²) in [5, 5.41) is 18.8. The Balaban J connectivity index is 2.83. The maximum Gasteiger partial charge on any atom is 0.310 e. The van der Waals surface area contributed by atoms with Crippen molar-refractivity contribution in [3.8, 4) is 0 Å². The predicted molar refractivity (Wildman–Crippen MR) is 71.9 cm³/mol. The normalized spacial score (nSPS) is 14.2. The number of anilines is 1. The molecule has 1 unspecified atom stereocenters. The number of nitrogens with zero attached hydrogens (tertiary/aromatic N) is 1. The van der Waals surface area contributed by atoms with Crippen molar-refractivity contribution in [2.24, 2.45) is 11.3 Å². The number of aromatic nitrogens is 2. The number of aliphatic carboxylic acids is 1. The molecule has 0 fully saturated rings. The van der Waals surface area contributed by atoms with Crippen LogP contribution >= 0.6 is 0 Å². The first-order chi connectivity index (χ1) is 8.68. The smallest absolute Gasteiger partial charge is 0.310 e. The van der Waals surface area contributed by atoms with E-state index in [1.807, 2.05) is 0 Å². The standard InChI is InChI=1S/C13H21N3O3/c1-7(2)13(5,12(18)19)6-10(17)14-11-8(3)15-16-9(11)4/h7H,6H2,1-5H3,(H,14,17)(H,15,16)(H,18,19). The fourth-order valence-electron chi connectivity index (χ4n) is 1.78. The van der Waals surface area contributed by atoms with Gasteiger partial charge in [0.15, 0.2) is 0 Å². The van der Waals surface area contributed by atoms with Crippen LogP contribution in [-0.2, 0) is 9.59 Å². The molecule has 0 saturated carbocycles. The van der Waals surface area contributed by atoms with Crippen molar-refractivity contribution in [3.63, 3.8) is 0 Å². The summed E-state index contributed by atoms with van der Waals surface area (Å²) in [7, 11) is 0. The Morgan fingerprint density at radius 1 is 1.42 bits per heavy atom. The van der Waals surface area contributed by atoms with Crippen molar-refractivity contribution < 1.29 is 14.7 Å². The molecule has 1 heterocycles. The minimum absolute atomic E-state index is 0.0654. The van der Waals surface area contributed by atoms with Gasteiger partial charge < -0.3 is 10.4 Å². The molecule has 0 saturated heterocycles. The molecule has 0 aliphatic carbocycles. The van der Waals surface area contributed by atoms with Crippen LogP contribution in [0.5, 0.6) is 0 Å². The van der Waals surface area contributed by atoms with E-state index in [1.54, 1.807) is 34.6 Å². The van der Waals surface area contributed by atoms with E-state index in [2.05, 4.69) is 15.5 Å². The molecule has 0 radical (unpaired) electrons. The SMILES string of the molecule is Cc1n[nH]c(C)c1NC(=O)CC(C)(C(=O)O)C(C)C. The minimum atomic E-state index is -1.07. The lowest BCUT2D eigenvalue weighted by atomic mass is 9.76. The molecule has 0 bridgehead atoms. The quantitative estimate of drug-likeness (QED) is 0.761. The van der Waals surface area contributed by atoms with Gasteiger partial charge in [-0.15, -0.1) is 0 Å². The molecule has 1 aromatic heterocycles. The maximum atomic E-state index is 12.0. The van der Waals surface area contributed by atoms with Gasteiger partial charge in [-0.25, -0.2) is 0 Å². The number of amides is 1. The van der Waals surface area contributed by atoms with Gasteiger partial charge >= 0.3 is 5.97 Å². The zero-order valence-electron chi connectivity index (χ0n) is 12.0. The van der Waals surface area contributed by atoms with E-state index >= 15 is 0 Å². The van der Waals surface area contributed by atoms with Crippen LogP contribution in [0.2, 0.25) is 0 Å². The number of carboxylic acid groups (broad SMARTS) is 1. The summed E-state index contributed by atoms with van der Waals surface area (Å²) in [5.41, 5.74) is 0.997. The summed E-state index contributed by atoms with van der Waals surface area (Å²) in [6, 6.07) is 0. The second-order valence-corrected chi connectivity index (χ2v) is 5.41. The number of hydrogen-bond acceptors (Lipinski definition) is 3. The van der Waals surface area contributed by atoms with E-state index in [1.165, 1.54) is 0 Å². The highest BCUT2D eigenvalue weighted by Crippen LogP contribution is 2.32. The van der Waals surface area contributed by atoms with Gasteiger partial charge in [-0.1, -0.05) is 13.8 Å². The van der Waals surface area contributed by atoms with Gasteiger partial charge in [0.25, 0.3) is 0 Å². The predicted octanol–water partition coefficient (Wildman–Crippen LogP) is 2.10. The summed E-state index contributed by atoms with van der Waals surface area (Å²) >= 11 is 0. The summed E-state index contributed by atoms with van der Waals surface area (Å²) in [6.45, 7) is 8.77. The Bertz CT molecular complexity index is 474. The van der Waals surface area contributed by atoms with Crippen molar-refractivity contribution >= 4 is 17.6 Å². The summed E-state index contributed by atoms with van der Waals surface area (Å²) in [5.74, 6) is -1.41. The lowest BCUT2D eigenvalue weighted by Crippen LogP contribution is -2.37. The average molecular weight is 267 g/mol. The molecule has 3 N–H and O–H groups in total. The molecule has 6 heteroatoms. The van der Waals surface area contributed by atoms with Gasteiger partial charge in [0.05, 0.1) is 22.5 Å². The lowest BCUT2D eigenvalue weighted by molar-refractivity contribution is -0.153. The molecule has 1 aromatic rings. The van der Waals surface area contributed by atoms with Gasteiger partial charge in [-0.3, -0.25) is 14.7 Å². The van der Waals surface area contributed by atoms with Gasteiger partial charge in [-0.2, -0.15) is 5.10 Å². The molecule has 1 atom stereocenters. The topological polar surface area (TPSA) is 95.1 Å². The monoisotopic (exact) mass is 267 g/mol. The van der Waals surface area contributed by atoms with E-state index in [4.69, 9.17) is 0 Å². The van der Waals surface area contributed by atoms with Crippen molar-refractivity contribution in [2.45, 2.75) is 41.0 Å². The number of carboxylic acids is 1. The second kappa shape index (κ2) is 5.42. The lowest BCUT2D eigenvalue weighted by Gasteiger charge is -2.28. The van der Waals surface area contributed by atoms with Gasteiger partial charge in [0.1, 0.15) is 0 Å². The second-order valence-electron chi connectivity index (χ2n) is 5.41. The van der Waals surface area contributed by atoms with Crippen LogP contribution < -0.4 is 5.32 Å². The fraction of sp³-hybridized carbons (Fsp3) is 0.615. The van der Waals surface area contributed by atoms with E-state index in [0.717, 1.165) is 5.69 Å². The average Bonchev–Trinajstić information content (AvgIpc) is 2.60. The fourth-order valence-corrected chi connectivity index (χ4v) is 1.78. The number of aryl methyl sites for hydroxylation is 2. The molecule has 0 aliphatic heterocycles. The van der Waals surface area contributed by atoms with Crippen molar-refractivity contribution in [1.29, 1.82) is 0 Å². The summed E-state index contributed by atoms with van der Waals surface area (Å²) in [6.07, 6.45) is -0.0654. The zero-order chi connectivity index (χ0) is 14.8. The van der Waals surface area contributed by atoms with E-state index in [0.29, 0.717) is 11.4 Å². The van der Waals surface area contributed by atoms with Crippen LogP contribution in [0.25, 0.3) is 0 Å². The van der Waals surface area contributed by atoms with Crippen molar-refractivity contribution in [2.75, 3.05) is 5.32 Å². The Morgan fingerprint density at radius 3 is 2.37 bits per heavy atom. The van der Waals surface area contributed by atoms with Crippen LogP contribution in [0.3, 0.4) is 0 Å². The first-order valence-corrected chi connectivity index (χ1v) is 6.23. The Hall–Kier alpha value is -1.85. The molecule has 0 aliphatic rings. The van der Waals surface area contributed by atoms with Crippen molar-refractivity contribution in [1.82, 2.24) is 10.2 Å². The first kappa shape index (κ1) is 15.2. The third kappa shape index (κ3) is 3.13. The van der Waals surface area contributed by atoms with E-state index < -0.39 is 11.4 Å². The molecule has 6 nitrogen and oxygen atoms in total. The number of hydrogen-bond donors (Lipinski definition) is 3. The number of nitrogens with one attached hydrogen (secondary N) is 2. The number of rotatable bonds is 5. The number of carbonyl (C=O) groups excluding carboxylic acids is 1. The number of aromatic amines is 1. The van der Waals surface area contributed by atoms with Crippen molar-refractivity contribution in [3.05, 3.63) is 11.4 Å². The Morgan fingerprint density at radius 2 is 2.00 bits per heavy atom. The van der Waals surface area contributed by atoms with Gasteiger partial charge in [-0.05, 0) is 26.7 Å². The molecular formula is C13H21N3O3. The molecular weight excluding hydrogens is 246 g/mol. The minimum Gasteiger partial charge on any atom is -0.481 e. The largest absolute Gasteiger partial charge is 0.481 e. The molecule has 106 valence electrons. The third-order valence-electron chi connectivity index (χ3n) is 3.68. The Labute approximate surface area is 112 Å². The van der Waals surface area contributed by atoms with Gasteiger partial charge in [0, 0.05) is 6.42 Å². The van der Waals surface area contributed by atoms with Crippen LogP contribution in [0.15, 0.2) is 0 Å².